The molecule has 20 heavy (non-hydrogen) atoms. The number of ether oxygens (including phenoxy) is 1. The molecule has 0 amide bonds. The quantitative estimate of drug-likeness (QED) is 0.297. The van der Waals surface area contributed by atoms with E-state index in [1.165, 1.54) is 26.4 Å². The number of esters is 1. The highest BCUT2D eigenvalue weighted by Gasteiger charge is 2.01. The Morgan fingerprint density at radius 3 is 1.75 bits per heavy atom. The van der Waals surface area contributed by atoms with E-state index in [4.69, 9.17) is 0 Å². The summed E-state index contributed by atoms with van der Waals surface area (Å²) in [6.07, 6.45) is 11.3. The molecule has 0 aromatic heterocycles. The molecular weight excluding hydrogens is 280 g/mol. The first-order chi connectivity index (χ1) is 9.45. The van der Waals surface area contributed by atoms with Crippen molar-refractivity contribution in [1.29, 1.82) is 0 Å². The molecule has 120 valence electrons. The van der Waals surface area contributed by atoms with Crippen LogP contribution in [0.25, 0.3) is 0 Å². The molecule has 0 fully saturated rings. The SMILES string of the molecule is COC(=O)CCCCCCCCCCCOS(C)(=O)=O. The molecule has 0 saturated heterocycles. The summed E-state index contributed by atoms with van der Waals surface area (Å²) in [5.41, 5.74) is 0. The van der Waals surface area contributed by atoms with Gasteiger partial charge in [-0.15, -0.1) is 0 Å². The molecule has 0 bridgehead atoms. The van der Waals surface area contributed by atoms with Crippen molar-refractivity contribution in [3.8, 4) is 0 Å². The summed E-state index contributed by atoms with van der Waals surface area (Å²) in [6.45, 7) is 0.298. The van der Waals surface area contributed by atoms with Gasteiger partial charge in [0.2, 0.25) is 0 Å². The minimum atomic E-state index is -3.28. The van der Waals surface area contributed by atoms with E-state index in [-0.39, 0.29) is 5.97 Å². The van der Waals surface area contributed by atoms with Crippen LogP contribution in [0.4, 0.5) is 0 Å². The van der Waals surface area contributed by atoms with Crippen molar-refractivity contribution in [1.82, 2.24) is 0 Å². The predicted molar refractivity (Wildman–Crippen MR) is 79.0 cm³/mol. The molecule has 0 saturated carbocycles. The third-order valence-corrected chi connectivity index (χ3v) is 3.65. The Balaban J connectivity index is 3.12. The van der Waals surface area contributed by atoms with Gasteiger partial charge in [-0.3, -0.25) is 8.98 Å². The average molecular weight is 308 g/mol. The molecule has 6 heteroatoms. The zero-order valence-corrected chi connectivity index (χ0v) is 13.5. The highest BCUT2D eigenvalue weighted by molar-refractivity contribution is 7.85. The van der Waals surface area contributed by atoms with Crippen molar-refractivity contribution in [3.05, 3.63) is 0 Å². The lowest BCUT2D eigenvalue weighted by molar-refractivity contribution is -0.140. The van der Waals surface area contributed by atoms with Crippen LogP contribution in [0.5, 0.6) is 0 Å². The van der Waals surface area contributed by atoms with Crippen LogP contribution in [0.15, 0.2) is 0 Å². The van der Waals surface area contributed by atoms with Gasteiger partial charge >= 0.3 is 5.97 Å². The fraction of sp³-hybridized carbons (Fsp3) is 0.929. The fourth-order valence-electron chi connectivity index (χ4n) is 1.92. The van der Waals surface area contributed by atoms with E-state index < -0.39 is 10.1 Å². The molecule has 5 nitrogen and oxygen atoms in total. The maximum Gasteiger partial charge on any atom is 0.305 e. The van der Waals surface area contributed by atoms with Crippen LogP contribution in [0.2, 0.25) is 0 Å². The van der Waals surface area contributed by atoms with E-state index in [1.807, 2.05) is 0 Å². The van der Waals surface area contributed by atoms with Gasteiger partial charge in [0, 0.05) is 6.42 Å². The van der Waals surface area contributed by atoms with Gasteiger partial charge in [-0.25, -0.2) is 0 Å². The largest absolute Gasteiger partial charge is 0.469 e. The highest BCUT2D eigenvalue weighted by atomic mass is 32.2. The van der Waals surface area contributed by atoms with Gasteiger partial charge in [0.25, 0.3) is 10.1 Å². The second-order valence-corrected chi connectivity index (χ2v) is 6.68. The number of methoxy groups -OCH3 is 1. The summed E-state index contributed by atoms with van der Waals surface area (Å²) in [4.78, 5) is 10.9. The molecule has 0 aromatic carbocycles. The summed E-state index contributed by atoms with van der Waals surface area (Å²) in [5, 5.41) is 0. The average Bonchev–Trinajstić information content (AvgIpc) is 2.38. The molecule has 0 aromatic rings. The second kappa shape index (κ2) is 12.1. The van der Waals surface area contributed by atoms with Crippen LogP contribution in [0.3, 0.4) is 0 Å². The minimum Gasteiger partial charge on any atom is -0.469 e. The smallest absolute Gasteiger partial charge is 0.305 e. The van der Waals surface area contributed by atoms with Gasteiger partial charge in [0.05, 0.1) is 20.0 Å². The number of rotatable bonds is 13. The fourth-order valence-corrected chi connectivity index (χ4v) is 2.34. The molecule has 0 radical (unpaired) electrons. The molecule has 0 spiro atoms. The van der Waals surface area contributed by atoms with Crippen molar-refractivity contribution in [3.63, 3.8) is 0 Å². The van der Waals surface area contributed by atoms with Crippen LogP contribution >= 0.6 is 0 Å². The van der Waals surface area contributed by atoms with Crippen molar-refractivity contribution >= 4 is 16.1 Å². The first kappa shape index (κ1) is 19.4. The van der Waals surface area contributed by atoms with Gasteiger partial charge < -0.3 is 4.74 Å². The molecule has 0 aliphatic heterocycles. The Labute approximate surface area is 123 Å². The topological polar surface area (TPSA) is 69.7 Å². The summed E-state index contributed by atoms with van der Waals surface area (Å²) in [6, 6.07) is 0. The monoisotopic (exact) mass is 308 g/mol. The number of unbranched alkanes of at least 4 members (excludes halogenated alkanes) is 8. The van der Waals surface area contributed by atoms with E-state index in [0.717, 1.165) is 44.8 Å². The summed E-state index contributed by atoms with van der Waals surface area (Å²) in [7, 11) is -1.86. The second-order valence-electron chi connectivity index (χ2n) is 5.03. The van der Waals surface area contributed by atoms with Crippen molar-refractivity contribution in [2.75, 3.05) is 20.0 Å². The molecule has 0 rings (SSSR count). The van der Waals surface area contributed by atoms with Gasteiger partial charge in [0.1, 0.15) is 0 Å². The highest BCUT2D eigenvalue weighted by Crippen LogP contribution is 2.11. The third-order valence-electron chi connectivity index (χ3n) is 3.05. The summed E-state index contributed by atoms with van der Waals surface area (Å²) >= 11 is 0. The lowest BCUT2D eigenvalue weighted by atomic mass is 10.1. The zero-order valence-electron chi connectivity index (χ0n) is 12.7. The molecule has 0 heterocycles. The molecule has 0 aliphatic rings. The Morgan fingerprint density at radius 2 is 1.30 bits per heavy atom. The predicted octanol–water partition coefficient (Wildman–Crippen LogP) is 3.04. The van der Waals surface area contributed by atoms with E-state index in [1.54, 1.807) is 0 Å². The van der Waals surface area contributed by atoms with Gasteiger partial charge in [-0.1, -0.05) is 44.9 Å². The lowest BCUT2D eigenvalue weighted by Gasteiger charge is -2.03. The van der Waals surface area contributed by atoms with E-state index in [9.17, 15) is 13.2 Å². The molecular formula is C14H28O5S. The number of carbonyl (C=O) groups is 1. The Hall–Kier alpha value is -0.620. The van der Waals surface area contributed by atoms with Crippen molar-refractivity contribution < 1.29 is 22.1 Å². The minimum absolute atomic E-state index is 0.124. The van der Waals surface area contributed by atoms with Crippen LogP contribution in [0, 0.1) is 0 Å². The zero-order chi connectivity index (χ0) is 15.3. The standard InChI is InChI=1S/C14H28O5S/c1-18-14(15)12-10-8-6-4-3-5-7-9-11-13-19-20(2,16)17/h3-13H2,1-2H3. The number of hydrogen-bond donors (Lipinski definition) is 0. The van der Waals surface area contributed by atoms with Crippen molar-refractivity contribution in [2.45, 2.75) is 64.2 Å². The normalized spacial score (nSPS) is 11.5. The summed E-state index contributed by atoms with van der Waals surface area (Å²) in [5.74, 6) is -0.124. The van der Waals surface area contributed by atoms with Crippen LogP contribution in [-0.2, 0) is 23.8 Å². The first-order valence-corrected chi connectivity index (χ1v) is 9.18. The maximum absolute atomic E-state index is 10.9. The Morgan fingerprint density at radius 1 is 0.850 bits per heavy atom. The van der Waals surface area contributed by atoms with E-state index in [0.29, 0.717) is 13.0 Å². The molecule has 0 atom stereocenters. The Bertz CT molecular complexity index is 337. The van der Waals surface area contributed by atoms with Gasteiger partial charge in [-0.05, 0) is 12.8 Å². The Kier molecular flexibility index (Phi) is 11.8. The third kappa shape index (κ3) is 15.4. The number of hydrogen-bond acceptors (Lipinski definition) is 5. The lowest BCUT2D eigenvalue weighted by Crippen LogP contribution is -2.03. The van der Waals surface area contributed by atoms with Crippen molar-refractivity contribution in [2.24, 2.45) is 0 Å². The molecule has 0 N–H and O–H groups in total. The van der Waals surface area contributed by atoms with E-state index in [2.05, 4.69) is 8.92 Å². The molecule has 0 aliphatic carbocycles. The maximum atomic E-state index is 10.9. The first-order valence-electron chi connectivity index (χ1n) is 7.37. The summed E-state index contributed by atoms with van der Waals surface area (Å²) < 4.78 is 30.6. The van der Waals surface area contributed by atoms with Crippen LogP contribution < -0.4 is 0 Å². The van der Waals surface area contributed by atoms with Gasteiger partial charge in [0.15, 0.2) is 0 Å². The van der Waals surface area contributed by atoms with Crippen LogP contribution in [-0.4, -0.2) is 34.4 Å². The van der Waals surface area contributed by atoms with E-state index >= 15 is 0 Å². The van der Waals surface area contributed by atoms with Gasteiger partial charge in [-0.2, -0.15) is 8.42 Å². The van der Waals surface area contributed by atoms with Crippen LogP contribution in [0.1, 0.15) is 64.2 Å². The molecule has 0 unspecified atom stereocenters. The number of carbonyl (C=O) groups excluding carboxylic acids is 1.